The van der Waals surface area contributed by atoms with E-state index in [1.54, 1.807) is 24.4 Å². The van der Waals surface area contributed by atoms with Gasteiger partial charge in [-0.15, -0.1) is 0 Å². The third kappa shape index (κ3) is 3.32. The smallest absolute Gasteiger partial charge is 0.277 e. The van der Waals surface area contributed by atoms with Crippen LogP contribution in [0.25, 0.3) is 10.8 Å². The maximum absolute atomic E-state index is 13.1. The van der Waals surface area contributed by atoms with Gasteiger partial charge in [0.2, 0.25) is 0 Å². The van der Waals surface area contributed by atoms with Gasteiger partial charge in [-0.05, 0) is 32.8 Å². The zero-order valence-electron chi connectivity index (χ0n) is 16.3. The van der Waals surface area contributed by atoms with Crippen LogP contribution in [0.3, 0.4) is 0 Å². The molecule has 2 aromatic heterocycles. The molecule has 0 aliphatic heterocycles. The lowest BCUT2D eigenvalue weighted by Gasteiger charge is -2.24. The van der Waals surface area contributed by atoms with Crippen molar-refractivity contribution in [3.8, 4) is 0 Å². The van der Waals surface area contributed by atoms with Gasteiger partial charge in [-0.2, -0.15) is 10.2 Å². The third-order valence-corrected chi connectivity index (χ3v) is 5.37. The Morgan fingerprint density at radius 1 is 1.11 bits per heavy atom. The van der Waals surface area contributed by atoms with Crippen molar-refractivity contribution in [2.75, 3.05) is 5.32 Å². The molecule has 0 spiro atoms. The third-order valence-electron chi connectivity index (χ3n) is 5.37. The molecule has 0 bridgehead atoms. The zero-order chi connectivity index (χ0) is 19.7. The van der Waals surface area contributed by atoms with Crippen molar-refractivity contribution in [1.82, 2.24) is 19.6 Å². The summed E-state index contributed by atoms with van der Waals surface area (Å²) < 4.78 is 3.29. The molecule has 4 rings (SSSR count). The molecule has 1 amide bonds. The highest BCUT2D eigenvalue weighted by molar-refractivity contribution is 6.10. The molecule has 7 heteroatoms. The summed E-state index contributed by atoms with van der Waals surface area (Å²) in [7, 11) is 0. The van der Waals surface area contributed by atoms with E-state index in [9.17, 15) is 9.59 Å². The van der Waals surface area contributed by atoms with Crippen molar-refractivity contribution >= 4 is 22.5 Å². The monoisotopic (exact) mass is 379 g/mol. The molecular weight excluding hydrogens is 354 g/mol. The van der Waals surface area contributed by atoms with Crippen molar-refractivity contribution in [1.29, 1.82) is 0 Å². The van der Waals surface area contributed by atoms with Crippen LogP contribution in [0.15, 0.2) is 41.3 Å². The molecule has 2 heterocycles. The van der Waals surface area contributed by atoms with Crippen LogP contribution in [0.5, 0.6) is 0 Å². The molecule has 28 heavy (non-hydrogen) atoms. The molecular formula is C21H25N5O2. The maximum Gasteiger partial charge on any atom is 0.277 e. The Morgan fingerprint density at radius 3 is 2.54 bits per heavy atom. The Hall–Kier alpha value is -2.96. The number of nitrogens with one attached hydrogen (secondary N) is 1. The van der Waals surface area contributed by atoms with Crippen LogP contribution in [0.4, 0.5) is 5.82 Å². The van der Waals surface area contributed by atoms with Crippen LogP contribution in [0.1, 0.15) is 68.5 Å². The number of aromatic nitrogens is 4. The Bertz CT molecular complexity index is 1060. The minimum absolute atomic E-state index is 0.142. The number of carbonyl (C=O) groups is 1. The second-order valence-corrected chi connectivity index (χ2v) is 7.64. The average molecular weight is 379 g/mol. The Kier molecular flexibility index (Phi) is 4.98. The summed E-state index contributed by atoms with van der Waals surface area (Å²) in [6, 6.07) is 9.10. The number of fused-ring (bicyclic) bond motifs is 1. The molecule has 0 atom stereocenters. The highest BCUT2D eigenvalue weighted by Gasteiger charge is 2.22. The lowest BCUT2D eigenvalue weighted by molar-refractivity contribution is 0.102. The SMILES string of the molecule is CC(C)n1nc(C(=O)Nc2ccnn2C2CCCCC2)c2ccccc2c1=O. The summed E-state index contributed by atoms with van der Waals surface area (Å²) in [6.07, 6.45) is 7.48. The first-order valence-electron chi connectivity index (χ1n) is 9.92. The van der Waals surface area contributed by atoms with Crippen molar-refractivity contribution in [3.05, 3.63) is 52.6 Å². The van der Waals surface area contributed by atoms with Gasteiger partial charge in [0, 0.05) is 11.5 Å². The Balaban J connectivity index is 1.72. The summed E-state index contributed by atoms with van der Waals surface area (Å²) in [4.78, 5) is 25.8. The molecule has 146 valence electrons. The van der Waals surface area contributed by atoms with E-state index in [-0.39, 0.29) is 23.2 Å². The van der Waals surface area contributed by atoms with Gasteiger partial charge < -0.3 is 5.32 Å². The predicted molar refractivity (Wildman–Crippen MR) is 109 cm³/mol. The fourth-order valence-electron chi connectivity index (χ4n) is 3.93. The van der Waals surface area contributed by atoms with E-state index in [0.29, 0.717) is 22.6 Å². The maximum atomic E-state index is 13.1. The Labute approximate surface area is 163 Å². The molecule has 7 nitrogen and oxygen atoms in total. The van der Waals surface area contributed by atoms with E-state index in [1.165, 1.54) is 23.9 Å². The average Bonchev–Trinajstić information content (AvgIpc) is 3.17. The summed E-state index contributed by atoms with van der Waals surface area (Å²) in [5, 5.41) is 12.8. The van der Waals surface area contributed by atoms with Gasteiger partial charge in [-0.1, -0.05) is 37.5 Å². The van der Waals surface area contributed by atoms with E-state index in [2.05, 4.69) is 15.5 Å². The van der Waals surface area contributed by atoms with E-state index in [4.69, 9.17) is 0 Å². The number of amides is 1. The number of hydrogen-bond acceptors (Lipinski definition) is 4. The molecule has 0 radical (unpaired) electrons. The van der Waals surface area contributed by atoms with Crippen molar-refractivity contribution in [2.24, 2.45) is 0 Å². The lowest BCUT2D eigenvalue weighted by atomic mass is 9.96. The van der Waals surface area contributed by atoms with Gasteiger partial charge in [0.1, 0.15) is 5.82 Å². The lowest BCUT2D eigenvalue weighted by Crippen LogP contribution is -2.29. The Morgan fingerprint density at radius 2 is 1.82 bits per heavy atom. The number of anilines is 1. The predicted octanol–water partition coefficient (Wildman–Crippen LogP) is 3.93. The molecule has 1 N–H and O–H groups in total. The van der Waals surface area contributed by atoms with E-state index in [0.717, 1.165) is 12.8 Å². The van der Waals surface area contributed by atoms with Gasteiger partial charge in [-0.3, -0.25) is 9.59 Å². The number of nitrogens with zero attached hydrogens (tertiary/aromatic N) is 4. The van der Waals surface area contributed by atoms with Crippen LogP contribution < -0.4 is 10.9 Å². The van der Waals surface area contributed by atoms with E-state index >= 15 is 0 Å². The van der Waals surface area contributed by atoms with E-state index in [1.807, 2.05) is 30.7 Å². The highest BCUT2D eigenvalue weighted by Crippen LogP contribution is 2.30. The summed E-state index contributed by atoms with van der Waals surface area (Å²) in [6.45, 7) is 3.76. The number of carbonyl (C=O) groups excluding carboxylic acids is 1. The van der Waals surface area contributed by atoms with Gasteiger partial charge in [-0.25, -0.2) is 9.36 Å². The molecule has 0 saturated heterocycles. The highest BCUT2D eigenvalue weighted by atomic mass is 16.2. The fraction of sp³-hybridized carbons (Fsp3) is 0.429. The van der Waals surface area contributed by atoms with Crippen LogP contribution in [-0.4, -0.2) is 25.5 Å². The first-order chi connectivity index (χ1) is 13.6. The largest absolute Gasteiger partial charge is 0.305 e. The number of rotatable bonds is 4. The normalized spacial score (nSPS) is 15.2. The topological polar surface area (TPSA) is 81.8 Å². The molecule has 1 aromatic carbocycles. The van der Waals surface area contributed by atoms with E-state index < -0.39 is 0 Å². The van der Waals surface area contributed by atoms with Gasteiger partial charge in [0.15, 0.2) is 5.69 Å². The zero-order valence-corrected chi connectivity index (χ0v) is 16.3. The molecule has 1 fully saturated rings. The molecule has 3 aromatic rings. The van der Waals surface area contributed by atoms with Crippen LogP contribution >= 0.6 is 0 Å². The second kappa shape index (κ2) is 7.58. The molecule has 0 unspecified atom stereocenters. The number of hydrogen-bond donors (Lipinski definition) is 1. The van der Waals surface area contributed by atoms with Crippen molar-refractivity contribution in [2.45, 2.75) is 58.0 Å². The first-order valence-corrected chi connectivity index (χ1v) is 9.92. The fourth-order valence-corrected chi connectivity index (χ4v) is 3.93. The van der Waals surface area contributed by atoms with Gasteiger partial charge in [0.05, 0.1) is 23.7 Å². The first kappa shape index (κ1) is 18.4. The number of benzene rings is 1. The molecule has 1 aliphatic carbocycles. The standard InChI is InChI=1S/C21H25N5O2/c1-14(2)25-21(28)17-11-7-6-10-16(17)19(24-25)20(27)23-18-12-13-22-26(18)15-8-4-3-5-9-15/h6-7,10-15H,3-5,8-9H2,1-2H3,(H,23,27). The van der Waals surface area contributed by atoms with Gasteiger partial charge >= 0.3 is 0 Å². The second-order valence-electron chi connectivity index (χ2n) is 7.64. The minimum Gasteiger partial charge on any atom is -0.305 e. The van der Waals surface area contributed by atoms with Gasteiger partial charge in [0.25, 0.3) is 11.5 Å². The summed E-state index contributed by atoms with van der Waals surface area (Å²) in [5.74, 6) is 0.341. The van der Waals surface area contributed by atoms with Crippen molar-refractivity contribution in [3.63, 3.8) is 0 Å². The van der Waals surface area contributed by atoms with Crippen LogP contribution in [-0.2, 0) is 0 Å². The van der Waals surface area contributed by atoms with Crippen LogP contribution in [0, 0.1) is 0 Å². The molecule has 1 saturated carbocycles. The van der Waals surface area contributed by atoms with Crippen molar-refractivity contribution < 1.29 is 4.79 Å². The quantitative estimate of drug-likeness (QED) is 0.745. The summed E-state index contributed by atoms with van der Waals surface area (Å²) in [5.41, 5.74) is 0.0645. The molecule has 1 aliphatic rings. The van der Waals surface area contributed by atoms with Crippen LogP contribution in [0.2, 0.25) is 0 Å². The summed E-state index contributed by atoms with van der Waals surface area (Å²) >= 11 is 0. The minimum atomic E-state index is -0.330.